The number of ether oxygens (including phenoxy) is 2. The quantitative estimate of drug-likeness (QED) is 0.593. The molecule has 9 nitrogen and oxygen atoms in total. The van der Waals surface area contributed by atoms with E-state index >= 15 is 0 Å². The molecule has 0 N–H and O–H groups in total. The Labute approximate surface area is 167 Å². The van der Waals surface area contributed by atoms with Crippen molar-refractivity contribution in [3.8, 4) is 11.5 Å². The van der Waals surface area contributed by atoms with E-state index < -0.39 is 0 Å². The van der Waals surface area contributed by atoms with Gasteiger partial charge in [-0.05, 0) is 24.3 Å². The Balaban J connectivity index is 1.43. The third-order valence-corrected chi connectivity index (χ3v) is 4.77. The summed E-state index contributed by atoms with van der Waals surface area (Å²) in [4.78, 5) is 8.22. The molecule has 0 saturated carbocycles. The Bertz CT molecular complexity index is 959. The number of rotatable bonds is 7. The van der Waals surface area contributed by atoms with Crippen LogP contribution in [0.2, 0.25) is 0 Å². The molecule has 0 bridgehead atoms. The summed E-state index contributed by atoms with van der Waals surface area (Å²) in [5.41, 5.74) is 1.14. The normalized spacial score (nSPS) is 17.7. The van der Waals surface area contributed by atoms with Crippen LogP contribution in [-0.2, 0) is 22.6 Å². The van der Waals surface area contributed by atoms with Crippen molar-refractivity contribution in [3.05, 3.63) is 47.4 Å². The first-order valence-electron chi connectivity index (χ1n) is 9.46. The van der Waals surface area contributed by atoms with Gasteiger partial charge in [0.15, 0.2) is 0 Å². The molecule has 0 spiro atoms. The van der Waals surface area contributed by atoms with E-state index in [4.69, 9.17) is 13.9 Å². The van der Waals surface area contributed by atoms with Crippen LogP contribution in [0.5, 0.6) is 0 Å². The first kappa shape index (κ1) is 19.6. The van der Waals surface area contributed by atoms with E-state index in [1.807, 2.05) is 6.92 Å². The van der Waals surface area contributed by atoms with Gasteiger partial charge in [-0.3, -0.25) is 4.90 Å². The van der Waals surface area contributed by atoms with Crippen LogP contribution in [0.4, 0.5) is 4.39 Å². The van der Waals surface area contributed by atoms with Gasteiger partial charge in [0.05, 0.1) is 31.0 Å². The topological polar surface area (TPSA) is 91.3 Å². The molecule has 0 amide bonds. The van der Waals surface area contributed by atoms with Crippen molar-refractivity contribution >= 4 is 0 Å². The zero-order chi connectivity index (χ0) is 20.2. The average molecular weight is 402 g/mol. The smallest absolute Gasteiger partial charge is 0.229 e. The fraction of sp³-hybridized carbons (Fsp3) is 0.474. The summed E-state index contributed by atoms with van der Waals surface area (Å²) < 4.78 is 30.6. The molecule has 1 fully saturated rings. The molecule has 10 heteroatoms. The molecule has 3 heterocycles. The molecule has 2 aromatic heterocycles. The molecule has 1 saturated heterocycles. The van der Waals surface area contributed by atoms with E-state index in [-0.39, 0.29) is 11.9 Å². The number of morpholine rings is 1. The second-order valence-corrected chi connectivity index (χ2v) is 6.83. The Hall–Kier alpha value is -2.69. The molecule has 1 aliphatic heterocycles. The first-order valence-corrected chi connectivity index (χ1v) is 9.46. The summed E-state index contributed by atoms with van der Waals surface area (Å²) in [6.07, 6.45) is -0.265. The highest BCUT2D eigenvalue weighted by atomic mass is 19.1. The maximum atomic E-state index is 14.0. The molecule has 1 unspecified atom stereocenters. The highest BCUT2D eigenvalue weighted by Crippen LogP contribution is 2.26. The highest BCUT2D eigenvalue weighted by molar-refractivity contribution is 5.54. The fourth-order valence-corrected chi connectivity index (χ4v) is 3.19. The summed E-state index contributed by atoms with van der Waals surface area (Å²) in [7, 11) is 1.63. The Morgan fingerprint density at radius 2 is 2.17 bits per heavy atom. The number of halogens is 1. The van der Waals surface area contributed by atoms with Gasteiger partial charge in [-0.25, -0.2) is 9.37 Å². The van der Waals surface area contributed by atoms with E-state index in [9.17, 15) is 4.39 Å². The van der Waals surface area contributed by atoms with Crippen molar-refractivity contribution in [2.75, 3.05) is 33.4 Å². The minimum atomic E-state index is -0.352. The number of hydrogen-bond acceptors (Lipinski definition) is 8. The molecule has 1 aromatic carbocycles. The summed E-state index contributed by atoms with van der Waals surface area (Å²) >= 11 is 0. The van der Waals surface area contributed by atoms with Gasteiger partial charge in [0.25, 0.3) is 0 Å². The number of aryl methyl sites for hydroxylation is 1. The van der Waals surface area contributed by atoms with Gasteiger partial charge in [0, 0.05) is 26.7 Å². The summed E-state index contributed by atoms with van der Waals surface area (Å²) in [5, 5.41) is 12.5. The molecule has 0 radical (unpaired) electrons. The molecule has 1 aliphatic rings. The van der Waals surface area contributed by atoms with Crippen LogP contribution in [0.25, 0.3) is 11.5 Å². The number of aromatic nitrogens is 5. The van der Waals surface area contributed by atoms with Gasteiger partial charge in [-0.15, -0.1) is 10.2 Å². The highest BCUT2D eigenvalue weighted by Gasteiger charge is 2.27. The largest absolute Gasteiger partial charge is 0.441 e. The Kier molecular flexibility index (Phi) is 5.93. The summed E-state index contributed by atoms with van der Waals surface area (Å²) in [6.45, 7) is 5.37. The van der Waals surface area contributed by atoms with Crippen LogP contribution < -0.4 is 0 Å². The van der Waals surface area contributed by atoms with Crippen molar-refractivity contribution in [3.63, 3.8) is 0 Å². The van der Waals surface area contributed by atoms with Crippen LogP contribution in [0, 0.1) is 12.7 Å². The van der Waals surface area contributed by atoms with E-state index in [2.05, 4.69) is 25.3 Å². The lowest BCUT2D eigenvalue weighted by atomic mass is 10.2. The minimum absolute atomic E-state index is 0.265. The van der Waals surface area contributed by atoms with E-state index in [1.165, 1.54) is 10.9 Å². The van der Waals surface area contributed by atoms with Crippen LogP contribution in [0.1, 0.15) is 23.4 Å². The Morgan fingerprint density at radius 1 is 1.31 bits per heavy atom. The second-order valence-electron chi connectivity index (χ2n) is 6.83. The van der Waals surface area contributed by atoms with Crippen LogP contribution in [-0.4, -0.2) is 63.5 Å². The van der Waals surface area contributed by atoms with Crippen LogP contribution in [0.15, 0.2) is 28.7 Å². The van der Waals surface area contributed by atoms with Gasteiger partial charge in [0.1, 0.15) is 17.7 Å². The molecule has 3 aromatic rings. The first-order chi connectivity index (χ1) is 14.1. The predicted octanol–water partition coefficient (Wildman–Crippen LogP) is 2.00. The maximum absolute atomic E-state index is 14.0. The van der Waals surface area contributed by atoms with E-state index in [0.29, 0.717) is 55.9 Å². The van der Waals surface area contributed by atoms with Gasteiger partial charge in [0.2, 0.25) is 11.7 Å². The average Bonchev–Trinajstić information content (AvgIpc) is 3.34. The molecular formula is C19H23FN6O3. The maximum Gasteiger partial charge on any atom is 0.229 e. The Morgan fingerprint density at radius 3 is 3.00 bits per heavy atom. The van der Waals surface area contributed by atoms with Crippen molar-refractivity contribution < 1.29 is 18.3 Å². The van der Waals surface area contributed by atoms with E-state index in [0.717, 1.165) is 12.2 Å². The van der Waals surface area contributed by atoms with Gasteiger partial charge < -0.3 is 13.9 Å². The van der Waals surface area contributed by atoms with Gasteiger partial charge in [-0.1, -0.05) is 12.1 Å². The molecule has 29 heavy (non-hydrogen) atoms. The summed E-state index contributed by atoms with van der Waals surface area (Å²) in [6, 6.07) is 6.46. The number of oxazole rings is 1. The lowest BCUT2D eigenvalue weighted by molar-refractivity contribution is -0.0378. The van der Waals surface area contributed by atoms with Gasteiger partial charge >= 0.3 is 0 Å². The van der Waals surface area contributed by atoms with Crippen molar-refractivity contribution in [2.24, 2.45) is 0 Å². The zero-order valence-corrected chi connectivity index (χ0v) is 16.4. The molecule has 154 valence electrons. The second kappa shape index (κ2) is 8.76. The number of hydrogen-bond donors (Lipinski definition) is 0. The molecule has 0 aliphatic carbocycles. The number of benzene rings is 1. The lowest BCUT2D eigenvalue weighted by Gasteiger charge is -2.30. The minimum Gasteiger partial charge on any atom is -0.441 e. The zero-order valence-electron chi connectivity index (χ0n) is 16.4. The predicted molar refractivity (Wildman–Crippen MR) is 100 cm³/mol. The van der Waals surface area contributed by atoms with Gasteiger partial charge in [-0.2, -0.15) is 4.80 Å². The van der Waals surface area contributed by atoms with Crippen molar-refractivity contribution in [2.45, 2.75) is 26.1 Å². The SMILES string of the molecule is COCCn1nnc(C2CN(Cc3nc(-c4ccccc4F)oc3C)CCO2)n1. The van der Waals surface area contributed by atoms with E-state index in [1.54, 1.807) is 25.3 Å². The van der Waals surface area contributed by atoms with Crippen molar-refractivity contribution in [1.82, 2.24) is 30.1 Å². The molecular weight excluding hydrogens is 379 g/mol. The number of nitrogens with zero attached hydrogens (tertiary/aromatic N) is 6. The number of tetrazole rings is 1. The standard InChI is InChI=1S/C19H23FN6O3/c1-13-16(21-19(29-13)14-5-3-4-6-15(14)20)11-25-7-10-28-17(12-25)18-22-24-26(23-18)8-9-27-2/h3-6,17H,7-12H2,1-2H3. The van der Waals surface area contributed by atoms with Crippen LogP contribution in [0.3, 0.4) is 0 Å². The third kappa shape index (κ3) is 4.50. The van der Waals surface area contributed by atoms with Crippen LogP contribution >= 0.6 is 0 Å². The van der Waals surface area contributed by atoms with Crippen molar-refractivity contribution in [1.29, 1.82) is 0 Å². The third-order valence-electron chi connectivity index (χ3n) is 4.77. The lowest BCUT2D eigenvalue weighted by Crippen LogP contribution is -2.38. The summed E-state index contributed by atoms with van der Waals surface area (Å²) in [5.74, 6) is 1.17. The fourth-order valence-electron chi connectivity index (χ4n) is 3.19. The molecule has 4 rings (SSSR count). The monoisotopic (exact) mass is 402 g/mol. The number of methoxy groups -OCH3 is 1. The molecule has 1 atom stereocenters.